The van der Waals surface area contributed by atoms with Crippen molar-refractivity contribution >= 4 is 24.1 Å². The van der Waals surface area contributed by atoms with E-state index in [9.17, 15) is 4.79 Å². The van der Waals surface area contributed by atoms with Crippen LogP contribution in [0.2, 0.25) is 0 Å². The second kappa shape index (κ2) is 2.17. The van der Waals surface area contributed by atoms with E-state index < -0.39 is 5.97 Å². The van der Waals surface area contributed by atoms with Gasteiger partial charge in [-0.1, -0.05) is 0 Å². The molecule has 0 amide bonds. The molecule has 0 aliphatic carbocycles. The second-order valence-electron chi connectivity index (χ2n) is 1.26. The summed E-state index contributed by atoms with van der Waals surface area (Å²) in [5.41, 5.74) is 0. The number of carboxylic acid groups (broad SMARTS) is 1. The van der Waals surface area contributed by atoms with E-state index >= 15 is 0 Å². The van der Waals surface area contributed by atoms with E-state index in [-0.39, 0.29) is 5.92 Å². The van der Waals surface area contributed by atoms with Crippen molar-refractivity contribution in [3.8, 4) is 0 Å². The quantitative estimate of drug-likeness (QED) is 0.516. The first-order valence-corrected chi connectivity index (χ1v) is 2.92. The maximum absolute atomic E-state index is 10.0. The van der Waals surface area contributed by atoms with Crippen LogP contribution in [-0.4, -0.2) is 23.0 Å². The summed E-state index contributed by atoms with van der Waals surface area (Å²) in [6.45, 7) is 0. The second-order valence-corrected chi connectivity index (χ2v) is 1.99. The van der Waals surface area contributed by atoms with E-state index in [0.717, 1.165) is 0 Å². The summed E-state index contributed by atoms with van der Waals surface area (Å²) in [4.78, 5) is 10.0. The van der Waals surface area contributed by atoms with Gasteiger partial charge in [0.2, 0.25) is 0 Å². The molecule has 0 atom stereocenters. The highest BCUT2D eigenvalue weighted by molar-refractivity contribution is 7.98. The molecule has 0 bridgehead atoms. The summed E-state index contributed by atoms with van der Waals surface area (Å²) < 4.78 is 3.53. The fourth-order valence-corrected chi connectivity index (χ4v) is 0.882. The molecule has 1 N–H and O–H groups in total. The molecule has 2 radical (unpaired) electrons. The minimum atomic E-state index is -0.918. The van der Waals surface area contributed by atoms with E-state index in [2.05, 4.69) is 10.6 Å². The molecule has 8 heavy (non-hydrogen) atoms. The highest BCUT2D eigenvalue weighted by Crippen LogP contribution is 2.17. The Morgan fingerprint density at radius 1 is 2.00 bits per heavy atom. The Balaban J connectivity index is 2.48. The molecule has 1 heterocycles. The van der Waals surface area contributed by atoms with Gasteiger partial charge in [-0.2, -0.15) is 0 Å². The van der Waals surface area contributed by atoms with Crippen molar-refractivity contribution < 1.29 is 9.90 Å². The lowest BCUT2D eigenvalue weighted by Gasteiger charge is -1.90. The van der Waals surface area contributed by atoms with Gasteiger partial charge in [0.1, 0.15) is 5.92 Å². The summed E-state index contributed by atoms with van der Waals surface area (Å²) in [5, 5.41) is 8.24. The monoisotopic (exact) mass is 129 g/mol. The van der Waals surface area contributed by atoms with E-state index in [1.807, 2.05) is 0 Å². The van der Waals surface area contributed by atoms with Crippen LogP contribution < -0.4 is 0 Å². The summed E-state index contributed by atoms with van der Waals surface area (Å²) in [7, 11) is 0. The maximum atomic E-state index is 10.0. The fourth-order valence-electron chi connectivity index (χ4n) is 0.326. The molecular weight excluding hydrogens is 126 g/mol. The lowest BCUT2D eigenvalue weighted by molar-refractivity contribution is -0.133. The van der Waals surface area contributed by atoms with Gasteiger partial charge in [0, 0.05) is 5.75 Å². The van der Waals surface area contributed by atoms with Crippen LogP contribution in [0.25, 0.3) is 0 Å². The first kappa shape index (κ1) is 5.62. The van der Waals surface area contributed by atoms with Gasteiger partial charge in [-0.3, -0.25) is 4.79 Å². The Bertz CT molecular complexity index is 134. The first-order valence-electron chi connectivity index (χ1n) is 1.98. The number of carbonyl (C=O) groups is 1. The van der Waals surface area contributed by atoms with Gasteiger partial charge in [0.15, 0.2) is 0 Å². The average Bonchev–Trinajstić information content (AvgIpc) is 2.12. The van der Waals surface area contributed by atoms with Crippen molar-refractivity contribution in [1.29, 1.82) is 0 Å². The zero-order valence-electron chi connectivity index (χ0n) is 3.92. The van der Waals surface area contributed by atoms with Gasteiger partial charge in [0.05, 0.1) is 6.21 Å². The van der Waals surface area contributed by atoms with Gasteiger partial charge < -0.3 is 5.11 Å². The van der Waals surface area contributed by atoms with Gasteiger partial charge in [-0.05, 0) is 11.9 Å². The van der Waals surface area contributed by atoms with Gasteiger partial charge >= 0.3 is 5.97 Å². The number of aliphatic carboxylic acids is 1. The third kappa shape index (κ3) is 1.01. The van der Waals surface area contributed by atoms with Crippen LogP contribution >= 0.6 is 11.9 Å². The van der Waals surface area contributed by atoms with Crippen molar-refractivity contribution in [1.82, 2.24) is 0 Å². The van der Waals surface area contributed by atoms with Crippen molar-refractivity contribution in [2.45, 2.75) is 0 Å². The van der Waals surface area contributed by atoms with E-state index in [4.69, 9.17) is 5.11 Å². The van der Waals surface area contributed by atoms with Crippen LogP contribution in [0.1, 0.15) is 0 Å². The van der Waals surface area contributed by atoms with Crippen molar-refractivity contribution in [3.63, 3.8) is 0 Å². The summed E-state index contributed by atoms with van der Waals surface area (Å²) in [5.74, 6) is -0.205. The van der Waals surface area contributed by atoms with E-state index in [1.54, 1.807) is 0 Å². The third-order valence-electron chi connectivity index (χ3n) is 0.712. The topological polar surface area (TPSA) is 49.7 Å². The molecular formula is C4H3NO2S. The number of carboxylic acids is 1. The van der Waals surface area contributed by atoms with Gasteiger partial charge in [-0.15, -0.1) is 0 Å². The summed E-state index contributed by atoms with van der Waals surface area (Å²) >= 11 is 1.21. The summed E-state index contributed by atoms with van der Waals surface area (Å²) in [6, 6.07) is 0. The van der Waals surface area contributed by atoms with Crippen LogP contribution in [0.15, 0.2) is 4.40 Å². The smallest absolute Gasteiger partial charge is 0.318 e. The number of rotatable bonds is 1. The van der Waals surface area contributed by atoms with Crippen LogP contribution in [-0.2, 0) is 4.79 Å². The van der Waals surface area contributed by atoms with E-state index in [0.29, 0.717) is 5.75 Å². The van der Waals surface area contributed by atoms with Gasteiger partial charge in [-0.25, -0.2) is 4.40 Å². The minimum Gasteiger partial charge on any atom is -0.480 e. The molecule has 0 saturated carbocycles. The molecule has 0 unspecified atom stereocenters. The Hall–Kier alpha value is -0.510. The van der Waals surface area contributed by atoms with Crippen LogP contribution in [0.5, 0.6) is 0 Å². The molecule has 0 aromatic rings. The zero-order chi connectivity index (χ0) is 5.98. The Morgan fingerprint density at radius 3 is 3.00 bits per heavy atom. The molecule has 0 spiro atoms. The third-order valence-corrected chi connectivity index (χ3v) is 1.35. The molecule has 1 aliphatic rings. The lowest BCUT2D eigenvalue weighted by atomic mass is 10.2. The maximum Gasteiger partial charge on any atom is 0.318 e. The van der Waals surface area contributed by atoms with Crippen molar-refractivity contribution in [2.24, 2.45) is 4.40 Å². The van der Waals surface area contributed by atoms with Gasteiger partial charge in [0.25, 0.3) is 0 Å². The Kier molecular flexibility index (Phi) is 1.53. The van der Waals surface area contributed by atoms with E-state index in [1.165, 1.54) is 11.9 Å². The molecule has 42 valence electrons. The Labute approximate surface area is 50.9 Å². The summed E-state index contributed by atoms with van der Waals surface area (Å²) in [6.07, 6.45) is 2.36. The molecule has 0 saturated heterocycles. The van der Waals surface area contributed by atoms with Crippen LogP contribution in [0, 0.1) is 5.92 Å². The predicted molar refractivity (Wildman–Crippen MR) is 30.8 cm³/mol. The zero-order valence-corrected chi connectivity index (χ0v) is 4.73. The number of hydrogen-bond acceptors (Lipinski definition) is 3. The van der Waals surface area contributed by atoms with Crippen LogP contribution in [0.4, 0.5) is 0 Å². The fraction of sp³-hybridized carbons (Fsp3) is 0.250. The predicted octanol–water partition coefficient (Wildman–Crippen LogP) is 0.255. The molecule has 4 heteroatoms. The van der Waals surface area contributed by atoms with Crippen LogP contribution in [0.3, 0.4) is 0 Å². The number of hydrogen-bond donors (Lipinski definition) is 1. The SMILES string of the molecule is O=C(O)[C]1[C]=NSC1. The molecule has 1 aliphatic heterocycles. The molecule has 1 rings (SSSR count). The minimum absolute atomic E-state index is 0.259. The highest BCUT2D eigenvalue weighted by Gasteiger charge is 2.20. The molecule has 3 nitrogen and oxygen atoms in total. The molecule has 0 fully saturated rings. The number of nitrogens with zero attached hydrogens (tertiary/aromatic N) is 1. The lowest BCUT2D eigenvalue weighted by Crippen LogP contribution is -2.11. The highest BCUT2D eigenvalue weighted by atomic mass is 32.2. The normalized spacial score (nSPS) is 19.5. The average molecular weight is 129 g/mol. The largest absolute Gasteiger partial charge is 0.480 e. The van der Waals surface area contributed by atoms with Crippen molar-refractivity contribution in [2.75, 3.05) is 5.75 Å². The standard InChI is InChI=1S/C4H3NO2S/c6-4(7)3-1-5-8-2-3/h2H2,(H,6,7). The molecule has 0 aromatic heterocycles. The molecule has 0 aromatic carbocycles. The first-order chi connectivity index (χ1) is 3.80. The van der Waals surface area contributed by atoms with Crippen molar-refractivity contribution in [3.05, 3.63) is 5.92 Å². The Morgan fingerprint density at radius 2 is 2.75 bits per heavy atom.